The Labute approximate surface area is 234 Å². The Morgan fingerprint density at radius 1 is 1.15 bits per heavy atom. The van der Waals surface area contributed by atoms with E-state index in [0.29, 0.717) is 5.69 Å². The third kappa shape index (κ3) is 4.81. The summed E-state index contributed by atoms with van der Waals surface area (Å²) in [4.78, 5) is 38.6. The summed E-state index contributed by atoms with van der Waals surface area (Å²) >= 11 is 0. The molecule has 0 bridgehead atoms. The predicted molar refractivity (Wildman–Crippen MR) is 160 cm³/mol. The molecule has 0 radical (unpaired) electrons. The lowest BCUT2D eigenvalue weighted by Gasteiger charge is -2.32. The molecule has 40 heavy (non-hydrogen) atoms. The normalized spacial score (nSPS) is 14.7. The van der Waals surface area contributed by atoms with Crippen LogP contribution in [0.1, 0.15) is 52.4 Å². The van der Waals surface area contributed by atoms with Crippen LogP contribution < -0.4 is 10.9 Å². The molecule has 1 atom stereocenters. The first-order valence-corrected chi connectivity index (χ1v) is 13.6. The maximum Gasteiger partial charge on any atom is 0.271 e. The monoisotopic (exact) mass is 539 g/mol. The number of carbonyl (C=O) groups excluding carboxylic acids is 1. The highest BCUT2D eigenvalue weighted by Crippen LogP contribution is 2.33. The second-order valence-corrected chi connectivity index (χ2v) is 10.7. The van der Waals surface area contributed by atoms with Crippen LogP contribution in [0.5, 0.6) is 0 Å². The summed E-state index contributed by atoms with van der Waals surface area (Å²) in [6.45, 7) is 7.98. The van der Waals surface area contributed by atoms with Crippen LogP contribution in [-0.4, -0.2) is 69.0 Å². The number of rotatable bonds is 6. The van der Waals surface area contributed by atoms with E-state index in [-0.39, 0.29) is 17.5 Å². The van der Waals surface area contributed by atoms with Gasteiger partial charge in [0.1, 0.15) is 11.3 Å². The van der Waals surface area contributed by atoms with E-state index in [0.717, 1.165) is 64.4 Å². The van der Waals surface area contributed by atoms with Gasteiger partial charge in [0.2, 0.25) is 0 Å². The summed E-state index contributed by atoms with van der Waals surface area (Å²) in [7, 11) is 7.33. The van der Waals surface area contributed by atoms with Crippen molar-refractivity contribution in [3.05, 3.63) is 87.4 Å². The van der Waals surface area contributed by atoms with E-state index < -0.39 is 0 Å². The van der Waals surface area contributed by atoms with Crippen LogP contribution in [0.2, 0.25) is 0 Å². The van der Waals surface area contributed by atoms with E-state index in [4.69, 9.17) is 0 Å². The van der Waals surface area contributed by atoms with Crippen molar-refractivity contribution in [2.75, 3.05) is 39.5 Å². The highest BCUT2D eigenvalue weighted by atomic mass is 16.2. The molecule has 9 heteroatoms. The van der Waals surface area contributed by atoms with Crippen molar-refractivity contribution in [2.45, 2.75) is 33.2 Å². The van der Waals surface area contributed by atoms with Crippen molar-refractivity contribution in [1.29, 1.82) is 0 Å². The van der Waals surface area contributed by atoms with Crippen LogP contribution in [0, 0.1) is 13.8 Å². The number of pyridine rings is 3. The minimum absolute atomic E-state index is 0.0807. The largest absolute Gasteiger partial charge is 0.388 e. The zero-order chi connectivity index (χ0) is 28.7. The Morgan fingerprint density at radius 3 is 2.55 bits per heavy atom. The number of aryl methyl sites for hydroxylation is 3. The first kappa shape index (κ1) is 27.3. The highest BCUT2D eigenvalue weighted by molar-refractivity contribution is 5.92. The van der Waals surface area contributed by atoms with Gasteiger partial charge in [-0.05, 0) is 62.6 Å². The average Bonchev–Trinajstić information content (AvgIpc) is 3.28. The predicted octanol–water partition coefficient (Wildman–Crippen LogP) is 4.33. The van der Waals surface area contributed by atoms with Crippen molar-refractivity contribution in [2.24, 2.45) is 7.05 Å². The molecule has 0 spiro atoms. The zero-order valence-corrected chi connectivity index (χ0v) is 24.3. The molecule has 0 saturated carbocycles. The number of carbonyl (C=O) groups is 1. The number of anilines is 1. The molecular formula is C31H37N7O2. The van der Waals surface area contributed by atoms with Crippen LogP contribution in [-0.2, 0) is 7.05 Å². The lowest BCUT2D eigenvalue weighted by atomic mass is 9.93. The number of fused-ring (bicyclic) bond motifs is 1. The fraction of sp³-hybridized carbons (Fsp3) is 0.355. The van der Waals surface area contributed by atoms with Crippen molar-refractivity contribution >= 4 is 28.2 Å². The van der Waals surface area contributed by atoms with Crippen molar-refractivity contribution in [1.82, 2.24) is 28.9 Å². The quantitative estimate of drug-likeness (QED) is 0.393. The average molecular weight is 540 g/mol. The smallest absolute Gasteiger partial charge is 0.271 e. The van der Waals surface area contributed by atoms with Crippen LogP contribution in [0.4, 0.5) is 5.69 Å². The van der Waals surface area contributed by atoms with E-state index in [1.165, 1.54) is 5.57 Å². The van der Waals surface area contributed by atoms with E-state index in [1.807, 2.05) is 32.2 Å². The van der Waals surface area contributed by atoms with Crippen LogP contribution in [0.3, 0.4) is 0 Å². The van der Waals surface area contributed by atoms with Gasteiger partial charge in [-0.3, -0.25) is 19.1 Å². The summed E-state index contributed by atoms with van der Waals surface area (Å²) in [5.41, 5.74) is 8.39. The Morgan fingerprint density at radius 2 is 1.93 bits per heavy atom. The summed E-state index contributed by atoms with van der Waals surface area (Å²) < 4.78 is 3.81. The van der Waals surface area contributed by atoms with E-state index in [2.05, 4.69) is 50.7 Å². The van der Waals surface area contributed by atoms with Gasteiger partial charge >= 0.3 is 0 Å². The summed E-state index contributed by atoms with van der Waals surface area (Å²) in [6, 6.07) is 9.60. The maximum absolute atomic E-state index is 12.9. The molecule has 1 N–H and O–H groups in total. The van der Waals surface area contributed by atoms with Gasteiger partial charge in [0.15, 0.2) is 0 Å². The minimum atomic E-state index is -0.0920. The molecule has 9 nitrogen and oxygen atoms in total. The number of hydrogen-bond acceptors (Lipinski definition) is 6. The number of amides is 1. The first-order chi connectivity index (χ1) is 19.1. The number of aromatic nitrogens is 4. The molecule has 0 saturated heterocycles. The number of nitrogens with one attached hydrogen (secondary N) is 1. The van der Waals surface area contributed by atoms with Crippen LogP contribution in [0.15, 0.2) is 53.6 Å². The standard InChI is InChI=1S/C31H37N7O2/c1-19-16-25(31(40)35(5)6)34-20(2)29(19)22-9-13-37(14-10-22)21(3)27-18-24-26(8-12-33-30(24)36(27)7)38-15-11-23(32-4)17-28(38)39/h8-9,11-12,15-18,21,32H,10,13-14H2,1-7H3/t21-/m1/s1. The molecule has 4 aromatic rings. The van der Waals surface area contributed by atoms with Gasteiger partial charge < -0.3 is 14.8 Å². The van der Waals surface area contributed by atoms with E-state index in [9.17, 15) is 9.59 Å². The van der Waals surface area contributed by atoms with Crippen molar-refractivity contribution in [3.63, 3.8) is 0 Å². The summed E-state index contributed by atoms with van der Waals surface area (Å²) in [5, 5.41) is 3.97. The maximum atomic E-state index is 12.9. The molecule has 5 rings (SSSR count). The van der Waals surface area contributed by atoms with Gasteiger partial charge in [0.25, 0.3) is 11.5 Å². The Balaban J connectivity index is 1.42. The molecule has 4 aromatic heterocycles. The third-order valence-corrected chi connectivity index (χ3v) is 7.97. The molecule has 0 aromatic carbocycles. The molecule has 1 aliphatic heterocycles. The summed E-state index contributed by atoms with van der Waals surface area (Å²) in [5.74, 6) is -0.0807. The van der Waals surface area contributed by atoms with Gasteiger partial charge in [0.05, 0.1) is 5.69 Å². The SMILES string of the molecule is CNc1ccn(-c2ccnc3c2cc([C@@H](C)N2CC=C(c4c(C)cc(C(=O)N(C)C)nc4C)CC2)n3C)c(=O)c1. The second kappa shape index (κ2) is 10.7. The van der Waals surface area contributed by atoms with Gasteiger partial charge in [-0.15, -0.1) is 0 Å². The molecule has 0 fully saturated rings. The van der Waals surface area contributed by atoms with Gasteiger partial charge in [0, 0.05) is 93.8 Å². The first-order valence-electron chi connectivity index (χ1n) is 13.6. The molecule has 1 amide bonds. The van der Waals surface area contributed by atoms with Gasteiger partial charge in [-0.25, -0.2) is 9.97 Å². The Hall–Kier alpha value is -4.24. The molecule has 208 valence electrons. The molecule has 0 unspecified atom stereocenters. The fourth-order valence-corrected chi connectivity index (χ4v) is 5.78. The van der Waals surface area contributed by atoms with E-state index >= 15 is 0 Å². The van der Waals surface area contributed by atoms with E-state index in [1.54, 1.807) is 49.1 Å². The molecule has 5 heterocycles. The number of hydrogen-bond donors (Lipinski definition) is 1. The fourth-order valence-electron chi connectivity index (χ4n) is 5.78. The lowest BCUT2D eigenvalue weighted by Crippen LogP contribution is -2.32. The second-order valence-electron chi connectivity index (χ2n) is 10.7. The molecular weight excluding hydrogens is 502 g/mol. The van der Waals surface area contributed by atoms with Crippen molar-refractivity contribution in [3.8, 4) is 5.69 Å². The summed E-state index contributed by atoms with van der Waals surface area (Å²) in [6.07, 6.45) is 6.75. The lowest BCUT2D eigenvalue weighted by molar-refractivity contribution is 0.0821. The molecule has 0 aliphatic carbocycles. The molecule has 1 aliphatic rings. The minimum Gasteiger partial charge on any atom is -0.388 e. The Kier molecular flexibility index (Phi) is 7.33. The van der Waals surface area contributed by atoms with Gasteiger partial charge in [-0.2, -0.15) is 0 Å². The topological polar surface area (TPSA) is 88.3 Å². The van der Waals surface area contributed by atoms with Crippen LogP contribution >= 0.6 is 0 Å². The van der Waals surface area contributed by atoms with Gasteiger partial charge in [-0.1, -0.05) is 6.08 Å². The van der Waals surface area contributed by atoms with Crippen molar-refractivity contribution < 1.29 is 4.79 Å². The van der Waals surface area contributed by atoms with Crippen LogP contribution in [0.25, 0.3) is 22.3 Å². The Bertz CT molecular complexity index is 1670. The third-order valence-electron chi connectivity index (χ3n) is 7.97. The number of nitrogens with zero attached hydrogens (tertiary/aromatic N) is 6. The zero-order valence-electron chi connectivity index (χ0n) is 24.3. The highest BCUT2D eigenvalue weighted by Gasteiger charge is 2.25.